The van der Waals surface area contributed by atoms with Crippen LogP contribution in [0.2, 0.25) is 0 Å². The third-order valence-corrected chi connectivity index (χ3v) is 4.31. The Morgan fingerprint density at radius 1 is 1.33 bits per heavy atom. The van der Waals surface area contributed by atoms with Crippen LogP contribution in [-0.2, 0) is 0 Å². The van der Waals surface area contributed by atoms with E-state index >= 15 is 0 Å². The van der Waals surface area contributed by atoms with Gasteiger partial charge in [-0.1, -0.05) is 0 Å². The van der Waals surface area contributed by atoms with E-state index in [1.165, 1.54) is 12.8 Å². The molecule has 1 aromatic heterocycles. The Kier molecular flexibility index (Phi) is 3.97. The first-order valence-corrected chi connectivity index (χ1v) is 7.53. The summed E-state index contributed by atoms with van der Waals surface area (Å²) in [6.07, 6.45) is 2.41. The van der Waals surface area contributed by atoms with Crippen molar-refractivity contribution in [3.63, 3.8) is 0 Å². The molecule has 2 aromatic rings. The molecule has 0 saturated carbocycles. The van der Waals surface area contributed by atoms with Gasteiger partial charge in [0.2, 0.25) is 0 Å². The van der Waals surface area contributed by atoms with Crippen molar-refractivity contribution in [2.75, 3.05) is 19.7 Å². The van der Waals surface area contributed by atoms with E-state index in [0.717, 1.165) is 29.8 Å². The van der Waals surface area contributed by atoms with Crippen LogP contribution in [0.1, 0.15) is 24.0 Å². The van der Waals surface area contributed by atoms with E-state index in [9.17, 15) is 4.79 Å². The standard InChI is InChI=1S/C17H21NO3/c1-11-12(2)17(19)21-16-8-14(5-6-15(11)16)20-10-13-4-3-7-18-9-13/h5-6,8,13,18H,3-4,7,9-10H2,1-2H3/t13-/m0/s1. The van der Waals surface area contributed by atoms with Crippen molar-refractivity contribution in [1.29, 1.82) is 0 Å². The van der Waals surface area contributed by atoms with Crippen LogP contribution in [0.5, 0.6) is 5.75 Å². The largest absolute Gasteiger partial charge is 0.493 e. The molecule has 3 rings (SSSR count). The lowest BCUT2D eigenvalue weighted by Gasteiger charge is -2.22. The van der Waals surface area contributed by atoms with Crippen molar-refractivity contribution in [2.45, 2.75) is 26.7 Å². The fraction of sp³-hybridized carbons (Fsp3) is 0.471. The highest BCUT2D eigenvalue weighted by atomic mass is 16.5. The van der Waals surface area contributed by atoms with E-state index in [2.05, 4.69) is 5.32 Å². The van der Waals surface area contributed by atoms with Gasteiger partial charge in [-0.2, -0.15) is 0 Å². The topological polar surface area (TPSA) is 51.5 Å². The van der Waals surface area contributed by atoms with Crippen LogP contribution in [0.3, 0.4) is 0 Å². The summed E-state index contributed by atoms with van der Waals surface area (Å²) < 4.78 is 11.2. The van der Waals surface area contributed by atoms with Gasteiger partial charge in [-0.15, -0.1) is 0 Å². The van der Waals surface area contributed by atoms with Crippen LogP contribution < -0.4 is 15.7 Å². The molecule has 4 heteroatoms. The Morgan fingerprint density at radius 2 is 2.19 bits per heavy atom. The van der Waals surface area contributed by atoms with Gasteiger partial charge in [-0.25, -0.2) is 4.79 Å². The zero-order chi connectivity index (χ0) is 14.8. The number of benzene rings is 1. The lowest BCUT2D eigenvalue weighted by Crippen LogP contribution is -2.33. The number of hydrogen-bond donors (Lipinski definition) is 1. The van der Waals surface area contributed by atoms with Gasteiger partial charge in [0.25, 0.3) is 0 Å². The predicted molar refractivity (Wildman–Crippen MR) is 83.0 cm³/mol. The second-order valence-corrected chi connectivity index (χ2v) is 5.82. The molecule has 0 spiro atoms. The summed E-state index contributed by atoms with van der Waals surface area (Å²) in [4.78, 5) is 11.8. The molecule has 0 amide bonds. The smallest absolute Gasteiger partial charge is 0.339 e. The number of rotatable bonds is 3. The van der Waals surface area contributed by atoms with Gasteiger partial charge in [-0.05, 0) is 50.9 Å². The van der Waals surface area contributed by atoms with Crippen LogP contribution in [-0.4, -0.2) is 19.7 Å². The van der Waals surface area contributed by atoms with Gasteiger partial charge in [-0.3, -0.25) is 0 Å². The summed E-state index contributed by atoms with van der Waals surface area (Å²) >= 11 is 0. The normalized spacial score (nSPS) is 18.9. The number of piperidine rings is 1. The molecular weight excluding hydrogens is 266 g/mol. The molecule has 1 N–H and O–H groups in total. The minimum Gasteiger partial charge on any atom is -0.493 e. The Labute approximate surface area is 124 Å². The molecule has 112 valence electrons. The summed E-state index contributed by atoms with van der Waals surface area (Å²) in [6.45, 7) is 6.56. The minimum absolute atomic E-state index is 0.270. The molecular formula is C17H21NO3. The molecule has 1 saturated heterocycles. The highest BCUT2D eigenvalue weighted by Gasteiger charge is 2.14. The van der Waals surface area contributed by atoms with Gasteiger partial charge < -0.3 is 14.5 Å². The lowest BCUT2D eigenvalue weighted by atomic mass is 10.0. The Bertz CT molecular complexity index is 699. The van der Waals surface area contributed by atoms with Crippen molar-refractivity contribution in [3.05, 3.63) is 39.7 Å². The molecule has 1 atom stereocenters. The van der Waals surface area contributed by atoms with E-state index in [1.54, 1.807) is 6.92 Å². The lowest BCUT2D eigenvalue weighted by molar-refractivity contribution is 0.218. The number of nitrogens with one attached hydrogen (secondary N) is 1. The van der Waals surface area contributed by atoms with Crippen molar-refractivity contribution >= 4 is 11.0 Å². The molecule has 0 unspecified atom stereocenters. The van der Waals surface area contributed by atoms with Crippen LogP contribution in [0.4, 0.5) is 0 Å². The average molecular weight is 287 g/mol. The van der Waals surface area contributed by atoms with Crippen molar-refractivity contribution in [1.82, 2.24) is 5.32 Å². The quantitative estimate of drug-likeness (QED) is 0.882. The number of aryl methyl sites for hydroxylation is 1. The second kappa shape index (κ2) is 5.90. The molecule has 1 fully saturated rings. The van der Waals surface area contributed by atoms with E-state index < -0.39 is 0 Å². The van der Waals surface area contributed by atoms with E-state index in [1.807, 2.05) is 25.1 Å². The highest BCUT2D eigenvalue weighted by molar-refractivity contribution is 5.82. The zero-order valence-corrected chi connectivity index (χ0v) is 12.6. The van der Waals surface area contributed by atoms with Crippen LogP contribution >= 0.6 is 0 Å². The van der Waals surface area contributed by atoms with Crippen LogP contribution in [0.25, 0.3) is 11.0 Å². The third kappa shape index (κ3) is 2.95. The molecule has 21 heavy (non-hydrogen) atoms. The fourth-order valence-electron chi connectivity index (χ4n) is 2.80. The van der Waals surface area contributed by atoms with Crippen molar-refractivity contribution in [3.8, 4) is 5.75 Å². The van der Waals surface area contributed by atoms with Gasteiger partial charge in [0, 0.05) is 29.5 Å². The maximum atomic E-state index is 11.8. The molecule has 1 aliphatic rings. The first kappa shape index (κ1) is 14.1. The van der Waals surface area contributed by atoms with Gasteiger partial charge in [0.15, 0.2) is 0 Å². The molecule has 4 nitrogen and oxygen atoms in total. The molecule has 0 aliphatic carbocycles. The molecule has 0 radical (unpaired) electrons. The van der Waals surface area contributed by atoms with Crippen molar-refractivity contribution in [2.24, 2.45) is 5.92 Å². The van der Waals surface area contributed by atoms with Gasteiger partial charge in [0.05, 0.1) is 6.61 Å². The fourth-order valence-corrected chi connectivity index (χ4v) is 2.80. The maximum Gasteiger partial charge on any atom is 0.339 e. The summed E-state index contributed by atoms with van der Waals surface area (Å²) in [5.74, 6) is 1.32. The Morgan fingerprint density at radius 3 is 2.95 bits per heavy atom. The zero-order valence-electron chi connectivity index (χ0n) is 12.6. The Balaban J connectivity index is 1.80. The summed E-state index contributed by atoms with van der Waals surface area (Å²) in [7, 11) is 0. The van der Waals surface area contributed by atoms with E-state index in [-0.39, 0.29) is 5.63 Å². The summed E-state index contributed by atoms with van der Waals surface area (Å²) in [5, 5.41) is 4.35. The first-order valence-electron chi connectivity index (χ1n) is 7.53. The number of fused-ring (bicyclic) bond motifs is 1. The predicted octanol–water partition coefficient (Wildman–Crippen LogP) is 2.79. The van der Waals surface area contributed by atoms with Gasteiger partial charge >= 0.3 is 5.63 Å². The first-order chi connectivity index (χ1) is 10.1. The molecule has 2 heterocycles. The maximum absolute atomic E-state index is 11.8. The second-order valence-electron chi connectivity index (χ2n) is 5.82. The summed E-state index contributed by atoms with van der Waals surface area (Å²) in [5.41, 5.74) is 1.98. The van der Waals surface area contributed by atoms with Crippen LogP contribution in [0, 0.1) is 19.8 Å². The van der Waals surface area contributed by atoms with E-state index in [0.29, 0.717) is 23.7 Å². The third-order valence-electron chi connectivity index (χ3n) is 4.31. The van der Waals surface area contributed by atoms with Crippen LogP contribution in [0.15, 0.2) is 27.4 Å². The number of ether oxygens (including phenoxy) is 1. The molecule has 0 bridgehead atoms. The summed E-state index contributed by atoms with van der Waals surface area (Å²) in [6, 6.07) is 5.74. The SMILES string of the molecule is Cc1c(C)c2ccc(OC[C@H]3CCCNC3)cc2oc1=O. The molecule has 1 aromatic carbocycles. The Hall–Kier alpha value is -1.81. The van der Waals surface area contributed by atoms with Crippen molar-refractivity contribution < 1.29 is 9.15 Å². The highest BCUT2D eigenvalue weighted by Crippen LogP contribution is 2.24. The van der Waals surface area contributed by atoms with Gasteiger partial charge in [0.1, 0.15) is 11.3 Å². The van der Waals surface area contributed by atoms with E-state index in [4.69, 9.17) is 9.15 Å². The minimum atomic E-state index is -0.270. The molecule has 1 aliphatic heterocycles. The average Bonchev–Trinajstić information content (AvgIpc) is 2.51. The number of hydrogen-bond acceptors (Lipinski definition) is 4. The monoisotopic (exact) mass is 287 g/mol.